The van der Waals surface area contributed by atoms with Crippen LogP contribution in [0.15, 0.2) is 36.8 Å². The first-order valence-corrected chi connectivity index (χ1v) is 10.7. The number of ether oxygens (including phenoxy) is 1. The zero-order chi connectivity index (χ0) is 22.0. The van der Waals surface area contributed by atoms with Gasteiger partial charge in [0.2, 0.25) is 11.8 Å². The lowest BCUT2D eigenvalue weighted by molar-refractivity contribution is -0.129. The van der Waals surface area contributed by atoms with Crippen molar-refractivity contribution in [1.29, 1.82) is 0 Å². The Hall–Kier alpha value is -3.16. The molecule has 1 atom stereocenters. The summed E-state index contributed by atoms with van der Waals surface area (Å²) in [5.74, 6) is 1.55. The van der Waals surface area contributed by atoms with Crippen LogP contribution in [-0.4, -0.2) is 56.6 Å². The van der Waals surface area contributed by atoms with Crippen LogP contribution in [0.4, 0.5) is 5.82 Å². The minimum atomic E-state index is 0.190. The summed E-state index contributed by atoms with van der Waals surface area (Å²) >= 11 is 0. The molecule has 4 heterocycles. The van der Waals surface area contributed by atoms with Crippen molar-refractivity contribution in [2.75, 3.05) is 25.5 Å². The Morgan fingerprint density at radius 2 is 2.10 bits per heavy atom. The molecule has 0 aromatic carbocycles. The molecule has 1 amide bonds. The fraction of sp³-hybridized carbons (Fsp3) is 0.478. The minimum Gasteiger partial charge on any atom is -0.481 e. The molecule has 0 aliphatic carbocycles. The van der Waals surface area contributed by atoms with Gasteiger partial charge in [0.1, 0.15) is 5.82 Å². The summed E-state index contributed by atoms with van der Waals surface area (Å²) in [6.45, 7) is 8.11. The van der Waals surface area contributed by atoms with Gasteiger partial charge in [-0.2, -0.15) is 5.10 Å². The third-order valence-corrected chi connectivity index (χ3v) is 5.70. The summed E-state index contributed by atoms with van der Waals surface area (Å²) in [6, 6.07) is 5.91. The van der Waals surface area contributed by atoms with Crippen molar-refractivity contribution in [3.05, 3.63) is 36.8 Å². The molecule has 1 fully saturated rings. The number of carbonyl (C=O) groups is 1. The van der Waals surface area contributed by atoms with Crippen LogP contribution in [0.3, 0.4) is 0 Å². The Kier molecular flexibility index (Phi) is 5.80. The number of methoxy groups -OCH3 is 1. The highest BCUT2D eigenvalue weighted by molar-refractivity contribution is 5.81. The number of fused-ring (bicyclic) bond motifs is 1. The number of pyridine rings is 1. The monoisotopic (exact) mass is 422 g/mol. The standard InChI is InChI=1S/C23H30N6O2/c1-23(2,3)10-13-28-16(7-8-20(28)30)14-25-19-9-12-29-21(27-19)18(15-26-29)17-6-5-11-24-22(17)31-4/h5-6,9,11-12,15-16H,7-8,10,13-14H2,1-4H3,(H,25,27). The second-order valence-electron chi connectivity index (χ2n) is 9.17. The maximum absolute atomic E-state index is 12.4. The van der Waals surface area contributed by atoms with Gasteiger partial charge in [0, 0.05) is 43.5 Å². The molecule has 4 rings (SSSR count). The van der Waals surface area contributed by atoms with E-state index in [1.807, 2.05) is 29.3 Å². The molecule has 1 aliphatic heterocycles. The van der Waals surface area contributed by atoms with E-state index in [0.717, 1.165) is 42.0 Å². The average molecular weight is 423 g/mol. The van der Waals surface area contributed by atoms with Gasteiger partial charge >= 0.3 is 0 Å². The third kappa shape index (κ3) is 4.62. The molecule has 1 saturated heterocycles. The molecule has 0 spiro atoms. The average Bonchev–Trinajstić information content (AvgIpc) is 3.32. The number of nitrogens with one attached hydrogen (secondary N) is 1. The lowest BCUT2D eigenvalue weighted by Crippen LogP contribution is -2.39. The molecule has 164 valence electrons. The quantitative estimate of drug-likeness (QED) is 0.626. The van der Waals surface area contributed by atoms with Gasteiger partial charge in [-0.15, -0.1) is 0 Å². The van der Waals surface area contributed by atoms with E-state index in [2.05, 4.69) is 36.2 Å². The Bertz CT molecular complexity index is 1070. The summed E-state index contributed by atoms with van der Waals surface area (Å²) in [6.07, 6.45) is 7.84. The van der Waals surface area contributed by atoms with Crippen molar-refractivity contribution >= 4 is 17.4 Å². The van der Waals surface area contributed by atoms with Gasteiger partial charge in [-0.05, 0) is 36.5 Å². The van der Waals surface area contributed by atoms with Gasteiger partial charge in [-0.25, -0.2) is 14.5 Å². The SMILES string of the molecule is COc1ncccc1-c1cnn2ccc(NCC3CCC(=O)N3CCC(C)(C)C)nc12. The van der Waals surface area contributed by atoms with E-state index in [0.29, 0.717) is 18.8 Å². The third-order valence-electron chi connectivity index (χ3n) is 5.70. The van der Waals surface area contributed by atoms with Gasteiger partial charge in [0.05, 0.1) is 18.9 Å². The molecule has 0 saturated carbocycles. The van der Waals surface area contributed by atoms with Gasteiger partial charge < -0.3 is 15.0 Å². The molecule has 3 aromatic rings. The predicted molar refractivity (Wildman–Crippen MR) is 120 cm³/mol. The number of nitrogens with zero attached hydrogens (tertiary/aromatic N) is 5. The van der Waals surface area contributed by atoms with E-state index in [4.69, 9.17) is 9.72 Å². The largest absolute Gasteiger partial charge is 0.481 e. The van der Waals surface area contributed by atoms with Gasteiger partial charge in [-0.3, -0.25) is 4.79 Å². The fourth-order valence-corrected chi connectivity index (χ4v) is 3.91. The molecular weight excluding hydrogens is 392 g/mol. The second-order valence-corrected chi connectivity index (χ2v) is 9.17. The molecule has 8 heteroatoms. The molecule has 1 unspecified atom stereocenters. The zero-order valence-corrected chi connectivity index (χ0v) is 18.6. The second kappa shape index (κ2) is 8.53. The highest BCUT2D eigenvalue weighted by Gasteiger charge is 2.31. The summed E-state index contributed by atoms with van der Waals surface area (Å²) in [4.78, 5) is 23.5. The summed E-state index contributed by atoms with van der Waals surface area (Å²) in [5.41, 5.74) is 2.64. The molecule has 31 heavy (non-hydrogen) atoms. The van der Waals surface area contributed by atoms with Crippen LogP contribution in [0, 0.1) is 5.41 Å². The van der Waals surface area contributed by atoms with Crippen LogP contribution in [0.5, 0.6) is 5.88 Å². The van der Waals surface area contributed by atoms with E-state index < -0.39 is 0 Å². The molecular formula is C23H30N6O2. The van der Waals surface area contributed by atoms with E-state index in [9.17, 15) is 4.79 Å². The Labute approximate surface area is 182 Å². The van der Waals surface area contributed by atoms with Gasteiger partial charge in [0.15, 0.2) is 5.65 Å². The molecule has 3 aromatic heterocycles. The lowest BCUT2D eigenvalue weighted by Gasteiger charge is -2.28. The summed E-state index contributed by atoms with van der Waals surface area (Å²) < 4.78 is 7.14. The molecule has 8 nitrogen and oxygen atoms in total. The highest BCUT2D eigenvalue weighted by atomic mass is 16.5. The number of hydrogen-bond donors (Lipinski definition) is 1. The number of anilines is 1. The number of aromatic nitrogens is 4. The first kappa shape index (κ1) is 21.1. The van der Waals surface area contributed by atoms with Crippen LogP contribution < -0.4 is 10.1 Å². The van der Waals surface area contributed by atoms with Crippen molar-refractivity contribution in [1.82, 2.24) is 24.5 Å². The van der Waals surface area contributed by atoms with Crippen LogP contribution in [0.2, 0.25) is 0 Å². The van der Waals surface area contributed by atoms with Crippen molar-refractivity contribution < 1.29 is 9.53 Å². The minimum absolute atomic E-state index is 0.190. The van der Waals surface area contributed by atoms with Crippen LogP contribution >= 0.6 is 0 Å². The fourth-order valence-electron chi connectivity index (χ4n) is 3.91. The van der Waals surface area contributed by atoms with Gasteiger partial charge in [-0.1, -0.05) is 20.8 Å². The van der Waals surface area contributed by atoms with Crippen LogP contribution in [0.25, 0.3) is 16.8 Å². The highest BCUT2D eigenvalue weighted by Crippen LogP contribution is 2.30. The summed E-state index contributed by atoms with van der Waals surface area (Å²) in [5, 5.41) is 7.84. The molecule has 1 aliphatic rings. The van der Waals surface area contributed by atoms with E-state index in [1.54, 1.807) is 24.0 Å². The number of carbonyl (C=O) groups excluding carboxylic acids is 1. The smallest absolute Gasteiger partial charge is 0.222 e. The maximum Gasteiger partial charge on any atom is 0.222 e. The first-order chi connectivity index (χ1) is 14.9. The number of hydrogen-bond acceptors (Lipinski definition) is 6. The van der Waals surface area contributed by atoms with Crippen molar-refractivity contribution in [2.24, 2.45) is 5.41 Å². The molecule has 0 bridgehead atoms. The van der Waals surface area contributed by atoms with Gasteiger partial charge in [0.25, 0.3) is 0 Å². The summed E-state index contributed by atoms with van der Waals surface area (Å²) in [7, 11) is 1.60. The molecule has 0 radical (unpaired) electrons. The van der Waals surface area contributed by atoms with Crippen LogP contribution in [0.1, 0.15) is 40.0 Å². The topological polar surface area (TPSA) is 84.7 Å². The van der Waals surface area contributed by atoms with Crippen molar-refractivity contribution in [3.63, 3.8) is 0 Å². The van der Waals surface area contributed by atoms with Crippen molar-refractivity contribution in [3.8, 4) is 17.0 Å². The number of likely N-dealkylation sites (tertiary alicyclic amines) is 1. The normalized spacial score (nSPS) is 16.8. The first-order valence-electron chi connectivity index (χ1n) is 10.7. The predicted octanol–water partition coefficient (Wildman–Crippen LogP) is 3.64. The maximum atomic E-state index is 12.4. The number of amides is 1. The van der Waals surface area contributed by atoms with Crippen molar-refractivity contribution in [2.45, 2.75) is 46.1 Å². The Morgan fingerprint density at radius 3 is 2.87 bits per heavy atom. The van der Waals surface area contributed by atoms with Crippen LogP contribution in [-0.2, 0) is 4.79 Å². The van der Waals surface area contributed by atoms with E-state index >= 15 is 0 Å². The Balaban J connectivity index is 1.51. The Morgan fingerprint density at radius 1 is 1.26 bits per heavy atom. The number of rotatable bonds is 7. The van der Waals surface area contributed by atoms with E-state index in [1.165, 1.54) is 0 Å². The zero-order valence-electron chi connectivity index (χ0n) is 18.6. The lowest BCUT2D eigenvalue weighted by atomic mass is 9.92. The molecule has 1 N–H and O–H groups in total. The van der Waals surface area contributed by atoms with E-state index in [-0.39, 0.29) is 17.4 Å².